The highest BCUT2D eigenvalue weighted by atomic mass is 16.5. The van der Waals surface area contributed by atoms with E-state index in [2.05, 4.69) is 57.7 Å². The van der Waals surface area contributed by atoms with Crippen molar-refractivity contribution in [2.24, 2.45) is 0 Å². The number of methoxy groups -OCH3 is 1. The summed E-state index contributed by atoms with van der Waals surface area (Å²) in [4.78, 5) is 11.6. The molecule has 3 aromatic rings. The quantitative estimate of drug-likeness (QED) is 0.687. The molecule has 0 amide bonds. The molecule has 1 aliphatic heterocycles. The fourth-order valence-corrected chi connectivity index (χ4v) is 3.72. The van der Waals surface area contributed by atoms with Gasteiger partial charge in [0.05, 0.1) is 7.11 Å². The maximum Gasteiger partial charge on any atom is 0.138 e. The Bertz CT molecular complexity index is 957. The van der Waals surface area contributed by atoms with Crippen LogP contribution < -0.4 is 15.0 Å². The summed E-state index contributed by atoms with van der Waals surface area (Å²) < 4.78 is 5.30. The number of nitrogens with one attached hydrogen (secondary N) is 1. The Hall–Kier alpha value is -3.08. The van der Waals surface area contributed by atoms with Crippen LogP contribution in [0.15, 0.2) is 54.6 Å². The van der Waals surface area contributed by atoms with Crippen molar-refractivity contribution in [1.82, 2.24) is 9.97 Å². The molecule has 0 atom stereocenters. The zero-order valence-corrected chi connectivity index (χ0v) is 16.5. The number of anilines is 3. The number of ether oxygens (including phenoxy) is 1. The molecule has 0 bridgehead atoms. The molecule has 1 aromatic heterocycles. The van der Waals surface area contributed by atoms with Gasteiger partial charge in [-0.15, -0.1) is 0 Å². The van der Waals surface area contributed by atoms with Crippen LogP contribution in [-0.4, -0.2) is 30.2 Å². The van der Waals surface area contributed by atoms with Gasteiger partial charge in [-0.2, -0.15) is 0 Å². The first kappa shape index (κ1) is 18.3. The standard InChI is InChI=1S/C23H26N4O/c1-17-25-22(24-13-12-18-7-5-10-20(15-18)28-2)16-23(26-17)27-14-6-9-19-8-3-4-11-21(19)27/h3-5,7-8,10-11,15-16H,6,9,12-14H2,1-2H3,(H,24,25,26). The smallest absolute Gasteiger partial charge is 0.138 e. The van der Waals surface area contributed by atoms with E-state index < -0.39 is 0 Å². The van der Waals surface area contributed by atoms with Gasteiger partial charge in [-0.3, -0.25) is 0 Å². The van der Waals surface area contributed by atoms with Crippen LogP contribution in [0.3, 0.4) is 0 Å². The molecular formula is C23H26N4O. The third-order valence-electron chi connectivity index (χ3n) is 5.07. The highest BCUT2D eigenvalue weighted by Crippen LogP contribution is 2.32. The Labute approximate surface area is 166 Å². The van der Waals surface area contributed by atoms with E-state index in [1.54, 1.807) is 7.11 Å². The van der Waals surface area contributed by atoms with Gasteiger partial charge >= 0.3 is 0 Å². The molecule has 0 fully saturated rings. The first-order chi connectivity index (χ1) is 13.7. The van der Waals surface area contributed by atoms with Crippen molar-refractivity contribution in [2.75, 3.05) is 30.4 Å². The van der Waals surface area contributed by atoms with Gasteiger partial charge in [0.15, 0.2) is 0 Å². The van der Waals surface area contributed by atoms with E-state index in [1.807, 2.05) is 19.1 Å². The third kappa shape index (κ3) is 4.09. The molecule has 5 heteroatoms. The van der Waals surface area contributed by atoms with Gasteiger partial charge in [-0.1, -0.05) is 30.3 Å². The minimum absolute atomic E-state index is 0.782. The molecule has 144 valence electrons. The normalized spacial score (nSPS) is 13.1. The molecule has 0 aliphatic carbocycles. The van der Waals surface area contributed by atoms with Crippen molar-refractivity contribution in [3.63, 3.8) is 0 Å². The van der Waals surface area contributed by atoms with Gasteiger partial charge in [0, 0.05) is 24.8 Å². The van der Waals surface area contributed by atoms with E-state index in [0.717, 1.165) is 55.6 Å². The molecular weight excluding hydrogens is 348 g/mol. The minimum Gasteiger partial charge on any atom is -0.497 e. The Morgan fingerprint density at radius 1 is 1.07 bits per heavy atom. The summed E-state index contributed by atoms with van der Waals surface area (Å²) in [5.74, 6) is 3.50. The van der Waals surface area contributed by atoms with Crippen LogP contribution in [0.5, 0.6) is 5.75 Å². The van der Waals surface area contributed by atoms with Crippen LogP contribution in [-0.2, 0) is 12.8 Å². The summed E-state index contributed by atoms with van der Waals surface area (Å²) in [5.41, 5.74) is 3.88. The Kier molecular flexibility index (Phi) is 5.42. The van der Waals surface area contributed by atoms with Gasteiger partial charge in [-0.25, -0.2) is 9.97 Å². The predicted octanol–water partition coefficient (Wildman–Crippen LogP) is 4.53. The molecule has 1 aliphatic rings. The number of nitrogens with zero attached hydrogens (tertiary/aromatic N) is 3. The van der Waals surface area contributed by atoms with Gasteiger partial charge in [-0.05, 0) is 55.5 Å². The molecule has 1 N–H and O–H groups in total. The van der Waals surface area contributed by atoms with Gasteiger partial charge < -0.3 is 15.0 Å². The number of rotatable bonds is 6. The van der Waals surface area contributed by atoms with E-state index in [1.165, 1.54) is 16.8 Å². The molecule has 0 saturated carbocycles. The molecule has 5 nitrogen and oxygen atoms in total. The van der Waals surface area contributed by atoms with Crippen LogP contribution in [0.4, 0.5) is 17.3 Å². The summed E-state index contributed by atoms with van der Waals surface area (Å²) in [6.07, 6.45) is 3.17. The average Bonchev–Trinajstić information content (AvgIpc) is 2.73. The zero-order valence-electron chi connectivity index (χ0n) is 16.5. The van der Waals surface area contributed by atoms with Gasteiger partial charge in [0.25, 0.3) is 0 Å². The summed E-state index contributed by atoms with van der Waals surface area (Å²) in [5, 5.41) is 3.46. The van der Waals surface area contributed by atoms with Gasteiger partial charge in [0.1, 0.15) is 23.2 Å². The molecule has 4 rings (SSSR count). The summed E-state index contributed by atoms with van der Waals surface area (Å²) >= 11 is 0. The molecule has 0 saturated heterocycles. The Morgan fingerprint density at radius 3 is 2.86 bits per heavy atom. The van der Waals surface area contributed by atoms with Crippen molar-refractivity contribution >= 4 is 17.3 Å². The number of fused-ring (bicyclic) bond motifs is 1. The number of hydrogen-bond donors (Lipinski definition) is 1. The molecule has 0 radical (unpaired) electrons. The van der Waals surface area contributed by atoms with Crippen molar-refractivity contribution in [1.29, 1.82) is 0 Å². The molecule has 28 heavy (non-hydrogen) atoms. The predicted molar refractivity (Wildman–Crippen MR) is 114 cm³/mol. The SMILES string of the molecule is COc1cccc(CCNc2cc(N3CCCc4ccccc43)nc(C)n2)c1. The maximum absolute atomic E-state index is 5.30. The van der Waals surface area contributed by atoms with Crippen LogP contribution in [0.25, 0.3) is 0 Å². The molecule has 2 heterocycles. The zero-order chi connectivity index (χ0) is 19.3. The van der Waals surface area contributed by atoms with Crippen molar-refractivity contribution < 1.29 is 4.74 Å². The lowest BCUT2D eigenvalue weighted by atomic mass is 10.0. The highest BCUT2D eigenvalue weighted by Gasteiger charge is 2.19. The first-order valence-corrected chi connectivity index (χ1v) is 9.81. The average molecular weight is 374 g/mol. The highest BCUT2D eigenvalue weighted by molar-refractivity contribution is 5.67. The first-order valence-electron chi connectivity index (χ1n) is 9.81. The fourth-order valence-electron chi connectivity index (χ4n) is 3.72. The number of para-hydroxylation sites is 1. The number of benzene rings is 2. The number of aromatic nitrogens is 2. The van der Waals surface area contributed by atoms with E-state index in [0.29, 0.717) is 0 Å². The minimum atomic E-state index is 0.782. The molecule has 0 spiro atoms. The number of aryl methyl sites for hydroxylation is 2. The Morgan fingerprint density at radius 2 is 1.96 bits per heavy atom. The van der Waals surface area contributed by atoms with Crippen molar-refractivity contribution in [2.45, 2.75) is 26.2 Å². The maximum atomic E-state index is 5.30. The number of hydrogen-bond acceptors (Lipinski definition) is 5. The topological polar surface area (TPSA) is 50.3 Å². The summed E-state index contributed by atoms with van der Waals surface area (Å²) in [7, 11) is 1.70. The monoisotopic (exact) mass is 374 g/mol. The second kappa shape index (κ2) is 8.30. The molecule has 2 aromatic carbocycles. The Balaban J connectivity index is 1.49. The lowest BCUT2D eigenvalue weighted by Crippen LogP contribution is -2.25. The van der Waals surface area contributed by atoms with E-state index >= 15 is 0 Å². The van der Waals surface area contributed by atoms with Crippen molar-refractivity contribution in [3.05, 3.63) is 71.5 Å². The van der Waals surface area contributed by atoms with Crippen LogP contribution in [0.1, 0.15) is 23.4 Å². The van der Waals surface area contributed by atoms with E-state index in [-0.39, 0.29) is 0 Å². The van der Waals surface area contributed by atoms with Crippen LogP contribution >= 0.6 is 0 Å². The fraction of sp³-hybridized carbons (Fsp3) is 0.304. The van der Waals surface area contributed by atoms with Crippen LogP contribution in [0, 0.1) is 6.92 Å². The summed E-state index contributed by atoms with van der Waals surface area (Å²) in [6.45, 7) is 3.74. The molecule has 0 unspecified atom stereocenters. The van der Waals surface area contributed by atoms with E-state index in [4.69, 9.17) is 9.72 Å². The van der Waals surface area contributed by atoms with Crippen molar-refractivity contribution in [3.8, 4) is 5.75 Å². The third-order valence-corrected chi connectivity index (χ3v) is 5.07. The lowest BCUT2D eigenvalue weighted by molar-refractivity contribution is 0.414. The van der Waals surface area contributed by atoms with Gasteiger partial charge in [0.2, 0.25) is 0 Å². The second-order valence-electron chi connectivity index (χ2n) is 7.07. The van der Waals surface area contributed by atoms with Crippen LogP contribution in [0.2, 0.25) is 0 Å². The summed E-state index contributed by atoms with van der Waals surface area (Å²) in [6, 6.07) is 18.8. The second-order valence-corrected chi connectivity index (χ2v) is 7.07. The lowest BCUT2D eigenvalue weighted by Gasteiger charge is -2.30. The largest absolute Gasteiger partial charge is 0.497 e. The van der Waals surface area contributed by atoms with E-state index in [9.17, 15) is 0 Å².